The van der Waals surface area contributed by atoms with Crippen molar-refractivity contribution in [2.45, 2.75) is 19.4 Å². The molecule has 3 rings (SSSR count). The first-order valence-corrected chi connectivity index (χ1v) is 7.24. The highest BCUT2D eigenvalue weighted by Gasteiger charge is 2.29. The number of likely N-dealkylation sites (tertiary alicyclic amines) is 1. The van der Waals surface area contributed by atoms with Crippen molar-refractivity contribution in [2.75, 3.05) is 13.1 Å². The third-order valence-corrected chi connectivity index (χ3v) is 4.13. The van der Waals surface area contributed by atoms with Crippen molar-refractivity contribution in [1.29, 1.82) is 0 Å². The molecule has 0 aliphatic carbocycles. The number of carbonyl (C=O) groups is 1. The van der Waals surface area contributed by atoms with Crippen LogP contribution in [0.5, 0.6) is 5.88 Å². The molecule has 1 aliphatic heterocycles. The van der Waals surface area contributed by atoms with Crippen LogP contribution in [0.1, 0.15) is 21.8 Å². The van der Waals surface area contributed by atoms with Gasteiger partial charge in [0, 0.05) is 25.2 Å². The van der Waals surface area contributed by atoms with Gasteiger partial charge in [0.15, 0.2) is 0 Å². The van der Waals surface area contributed by atoms with Crippen LogP contribution in [0, 0.1) is 6.92 Å². The molecule has 3 heterocycles. The monoisotopic (exact) mass is 290 g/mol. The minimum absolute atomic E-state index is 0.0120. The van der Waals surface area contributed by atoms with E-state index in [0.717, 1.165) is 12.1 Å². The van der Waals surface area contributed by atoms with Crippen LogP contribution in [-0.2, 0) is 0 Å². The standard InChI is InChI=1S/C13H14N4O2S/c1-9-12(20-8-16-9)13(18)17-5-3-10(6-17)19-11-2-4-14-7-15-11/h2,4,7-8,10H,3,5-6H2,1H3/t10-/m0/s1. The van der Waals surface area contributed by atoms with E-state index in [2.05, 4.69) is 15.0 Å². The summed E-state index contributed by atoms with van der Waals surface area (Å²) in [6.07, 6.45) is 3.89. The minimum atomic E-state index is -0.0120. The van der Waals surface area contributed by atoms with Crippen LogP contribution < -0.4 is 4.74 Å². The molecule has 0 N–H and O–H groups in total. The smallest absolute Gasteiger partial charge is 0.265 e. The molecule has 7 heteroatoms. The summed E-state index contributed by atoms with van der Waals surface area (Å²) in [5.41, 5.74) is 2.49. The lowest BCUT2D eigenvalue weighted by molar-refractivity contribution is 0.0775. The Kier molecular flexibility index (Phi) is 3.60. The van der Waals surface area contributed by atoms with Gasteiger partial charge in [-0.25, -0.2) is 15.0 Å². The number of ether oxygens (including phenoxy) is 1. The van der Waals surface area contributed by atoms with E-state index in [9.17, 15) is 4.79 Å². The maximum atomic E-state index is 12.3. The Morgan fingerprint density at radius 3 is 3.10 bits per heavy atom. The van der Waals surface area contributed by atoms with Gasteiger partial charge in [-0.2, -0.15) is 0 Å². The van der Waals surface area contributed by atoms with Gasteiger partial charge >= 0.3 is 0 Å². The van der Waals surface area contributed by atoms with Gasteiger partial charge in [0.05, 0.1) is 17.7 Å². The average Bonchev–Trinajstić information content (AvgIpc) is 3.08. The predicted octanol–water partition coefficient (Wildman–Crippen LogP) is 1.54. The number of aryl methyl sites for hydroxylation is 1. The highest BCUT2D eigenvalue weighted by atomic mass is 32.1. The third kappa shape index (κ3) is 2.62. The van der Waals surface area contributed by atoms with Crippen LogP contribution in [0.4, 0.5) is 0 Å². The van der Waals surface area contributed by atoms with Crippen molar-refractivity contribution in [3.05, 3.63) is 34.7 Å². The minimum Gasteiger partial charge on any atom is -0.472 e. The van der Waals surface area contributed by atoms with Gasteiger partial charge in [0.2, 0.25) is 5.88 Å². The zero-order valence-electron chi connectivity index (χ0n) is 11.0. The van der Waals surface area contributed by atoms with Crippen LogP contribution >= 0.6 is 11.3 Å². The molecule has 0 saturated carbocycles. The van der Waals surface area contributed by atoms with E-state index < -0.39 is 0 Å². The molecule has 6 nitrogen and oxygen atoms in total. The van der Waals surface area contributed by atoms with Crippen LogP contribution in [0.2, 0.25) is 0 Å². The summed E-state index contributed by atoms with van der Waals surface area (Å²) >= 11 is 1.39. The lowest BCUT2D eigenvalue weighted by Crippen LogP contribution is -2.30. The average molecular weight is 290 g/mol. The van der Waals surface area contributed by atoms with Crippen molar-refractivity contribution in [3.63, 3.8) is 0 Å². The summed E-state index contributed by atoms with van der Waals surface area (Å²) in [7, 11) is 0. The predicted molar refractivity (Wildman–Crippen MR) is 73.8 cm³/mol. The zero-order chi connectivity index (χ0) is 13.9. The largest absolute Gasteiger partial charge is 0.472 e. The van der Waals surface area contributed by atoms with Crippen molar-refractivity contribution in [1.82, 2.24) is 19.9 Å². The third-order valence-electron chi connectivity index (χ3n) is 3.21. The molecule has 1 aliphatic rings. The van der Waals surface area contributed by atoms with Gasteiger partial charge in [0.1, 0.15) is 17.3 Å². The van der Waals surface area contributed by atoms with Crippen molar-refractivity contribution in [2.24, 2.45) is 0 Å². The molecule has 2 aromatic heterocycles. The fourth-order valence-electron chi connectivity index (χ4n) is 2.18. The van der Waals surface area contributed by atoms with E-state index in [4.69, 9.17) is 4.74 Å². The summed E-state index contributed by atoms with van der Waals surface area (Å²) in [5.74, 6) is 0.590. The molecule has 104 valence electrons. The number of hydrogen-bond acceptors (Lipinski definition) is 6. The van der Waals surface area contributed by atoms with Crippen LogP contribution in [-0.4, -0.2) is 45.0 Å². The van der Waals surface area contributed by atoms with Crippen LogP contribution in [0.3, 0.4) is 0 Å². The summed E-state index contributed by atoms with van der Waals surface area (Å²) < 4.78 is 5.75. The number of hydrogen-bond donors (Lipinski definition) is 0. The molecular weight excluding hydrogens is 276 g/mol. The summed E-state index contributed by atoms with van der Waals surface area (Å²) in [4.78, 5) is 26.9. The maximum absolute atomic E-state index is 12.3. The molecule has 20 heavy (non-hydrogen) atoms. The van der Waals surface area contributed by atoms with Gasteiger partial charge < -0.3 is 9.64 Å². The highest BCUT2D eigenvalue weighted by Crippen LogP contribution is 2.21. The van der Waals surface area contributed by atoms with Crippen LogP contribution in [0.15, 0.2) is 24.1 Å². The van der Waals surface area contributed by atoms with Gasteiger partial charge in [-0.15, -0.1) is 11.3 Å². The van der Waals surface area contributed by atoms with E-state index in [0.29, 0.717) is 23.8 Å². The lowest BCUT2D eigenvalue weighted by atomic mass is 10.3. The second-order valence-electron chi connectivity index (χ2n) is 4.59. The Hall–Kier alpha value is -2.02. The van der Waals surface area contributed by atoms with E-state index in [1.54, 1.807) is 17.8 Å². The van der Waals surface area contributed by atoms with Crippen LogP contribution in [0.25, 0.3) is 0 Å². The molecule has 0 bridgehead atoms. The first-order chi connectivity index (χ1) is 9.74. The second-order valence-corrected chi connectivity index (χ2v) is 5.45. The lowest BCUT2D eigenvalue weighted by Gasteiger charge is -2.16. The normalized spacial score (nSPS) is 18.2. The van der Waals surface area contributed by atoms with Crippen molar-refractivity contribution < 1.29 is 9.53 Å². The first-order valence-electron chi connectivity index (χ1n) is 6.36. The summed E-state index contributed by atoms with van der Waals surface area (Å²) in [5, 5.41) is 0. The molecular formula is C13H14N4O2S. The fourth-order valence-corrected chi connectivity index (χ4v) is 2.95. The molecule has 1 saturated heterocycles. The Morgan fingerprint density at radius 2 is 2.40 bits per heavy atom. The number of rotatable bonds is 3. The number of thiazole rings is 1. The molecule has 1 atom stereocenters. The Labute approximate surface area is 120 Å². The number of amides is 1. The Bertz CT molecular complexity index is 601. The molecule has 1 amide bonds. The SMILES string of the molecule is Cc1ncsc1C(=O)N1CC[C@H](Oc2ccncn2)C1. The fraction of sp³-hybridized carbons (Fsp3) is 0.385. The highest BCUT2D eigenvalue weighted by molar-refractivity contribution is 7.11. The molecule has 0 radical (unpaired) electrons. The topological polar surface area (TPSA) is 68.2 Å². The maximum Gasteiger partial charge on any atom is 0.265 e. The van der Waals surface area contributed by atoms with Gasteiger partial charge in [-0.1, -0.05) is 0 Å². The Morgan fingerprint density at radius 1 is 1.50 bits per heavy atom. The Balaban J connectivity index is 1.62. The first kappa shape index (κ1) is 13.0. The van der Waals surface area contributed by atoms with E-state index >= 15 is 0 Å². The van der Waals surface area contributed by atoms with Crippen molar-refractivity contribution in [3.8, 4) is 5.88 Å². The van der Waals surface area contributed by atoms with E-state index in [1.165, 1.54) is 17.7 Å². The zero-order valence-corrected chi connectivity index (χ0v) is 11.8. The van der Waals surface area contributed by atoms with Gasteiger partial charge in [0.25, 0.3) is 5.91 Å². The van der Waals surface area contributed by atoms with Gasteiger partial charge in [-0.05, 0) is 6.92 Å². The van der Waals surface area contributed by atoms with E-state index in [-0.39, 0.29) is 12.0 Å². The molecule has 0 aromatic carbocycles. The van der Waals surface area contributed by atoms with Crippen molar-refractivity contribution >= 4 is 17.2 Å². The molecule has 2 aromatic rings. The quantitative estimate of drug-likeness (QED) is 0.857. The molecule has 0 spiro atoms. The number of carbonyl (C=O) groups excluding carboxylic acids is 1. The second kappa shape index (κ2) is 5.54. The number of nitrogens with zero attached hydrogens (tertiary/aromatic N) is 4. The number of aromatic nitrogens is 3. The van der Waals surface area contributed by atoms with E-state index in [1.807, 2.05) is 11.8 Å². The molecule has 0 unspecified atom stereocenters. The van der Waals surface area contributed by atoms with Gasteiger partial charge in [-0.3, -0.25) is 4.79 Å². The summed E-state index contributed by atoms with van der Waals surface area (Å²) in [6.45, 7) is 3.14. The molecule has 1 fully saturated rings. The summed E-state index contributed by atoms with van der Waals surface area (Å²) in [6, 6.07) is 1.72.